The lowest BCUT2D eigenvalue weighted by Crippen LogP contribution is -2.65. The van der Waals surface area contributed by atoms with E-state index in [-0.39, 0.29) is 25.0 Å². The Labute approximate surface area is 217 Å². The predicted octanol–water partition coefficient (Wildman–Crippen LogP) is 3.37. The number of sulfonamides is 1. The van der Waals surface area contributed by atoms with E-state index in [0.29, 0.717) is 37.7 Å². The molecule has 2 saturated heterocycles. The van der Waals surface area contributed by atoms with E-state index in [1.165, 1.54) is 21.0 Å². The molecule has 3 fully saturated rings. The molecule has 9 heteroatoms. The molecule has 3 aliphatic rings. The average Bonchev–Trinajstić information content (AvgIpc) is 2.83. The fraction of sp³-hybridized carbons (Fsp3) is 0.778. The summed E-state index contributed by atoms with van der Waals surface area (Å²) in [5.74, 6) is 0.899. The van der Waals surface area contributed by atoms with Crippen molar-refractivity contribution in [1.82, 2.24) is 20.3 Å². The number of nitrogens with zero attached hydrogens (tertiary/aromatic N) is 1. The van der Waals surface area contributed by atoms with Crippen LogP contribution >= 0.6 is 0 Å². The summed E-state index contributed by atoms with van der Waals surface area (Å²) in [6.45, 7) is 10.1. The first kappa shape index (κ1) is 28.0. The van der Waals surface area contributed by atoms with Gasteiger partial charge in [-0.3, -0.25) is 10.6 Å². The number of benzene rings is 1. The minimum absolute atomic E-state index is 0.00537. The van der Waals surface area contributed by atoms with Crippen molar-refractivity contribution in [2.75, 3.05) is 27.0 Å². The van der Waals surface area contributed by atoms with Crippen LogP contribution in [-0.4, -0.2) is 63.5 Å². The van der Waals surface area contributed by atoms with Crippen LogP contribution in [0.3, 0.4) is 0 Å². The topological polar surface area (TPSA) is 91.9 Å². The van der Waals surface area contributed by atoms with E-state index in [1.807, 2.05) is 0 Å². The third-order valence-corrected chi connectivity index (χ3v) is 10.3. The summed E-state index contributed by atoms with van der Waals surface area (Å²) in [5.41, 5.74) is 3.60. The Morgan fingerprint density at radius 3 is 2.58 bits per heavy atom. The monoisotopic (exact) mass is 522 g/mol. The van der Waals surface area contributed by atoms with Gasteiger partial charge < -0.3 is 14.8 Å². The lowest BCUT2D eigenvalue weighted by molar-refractivity contribution is -0.0535. The molecule has 0 amide bonds. The Morgan fingerprint density at radius 1 is 1.14 bits per heavy atom. The van der Waals surface area contributed by atoms with Gasteiger partial charge in [-0.25, -0.2) is 8.42 Å². The number of nitrogens with one attached hydrogen (secondary N) is 3. The third kappa shape index (κ3) is 6.49. The molecule has 2 heterocycles. The molecular weight excluding hydrogens is 476 g/mol. The summed E-state index contributed by atoms with van der Waals surface area (Å²) < 4.78 is 41.5. The molecule has 0 radical (unpaired) electrons. The zero-order chi connectivity index (χ0) is 25.9. The summed E-state index contributed by atoms with van der Waals surface area (Å²) in [4.78, 5) is 0. The van der Waals surface area contributed by atoms with Gasteiger partial charge in [0.15, 0.2) is 0 Å². The number of hydrogen-bond acceptors (Lipinski definition) is 7. The van der Waals surface area contributed by atoms with Crippen molar-refractivity contribution in [2.45, 2.75) is 96.1 Å². The van der Waals surface area contributed by atoms with Crippen molar-refractivity contribution >= 4 is 10.0 Å². The Kier molecular flexibility index (Phi) is 9.47. The van der Waals surface area contributed by atoms with Crippen LogP contribution in [0.4, 0.5) is 0 Å². The first-order valence-corrected chi connectivity index (χ1v) is 15.1. The molecule has 0 aromatic heterocycles. The highest BCUT2D eigenvalue weighted by atomic mass is 32.2. The molecule has 2 aliphatic heterocycles. The average molecular weight is 523 g/mol. The second kappa shape index (κ2) is 12.2. The summed E-state index contributed by atoms with van der Waals surface area (Å²) in [7, 11) is -2.05. The van der Waals surface area contributed by atoms with Crippen LogP contribution in [-0.2, 0) is 19.5 Å². The van der Waals surface area contributed by atoms with Gasteiger partial charge in [0.25, 0.3) is 0 Å². The number of rotatable bonds is 5. The number of fused-ring (bicyclic) bond motifs is 4. The van der Waals surface area contributed by atoms with Gasteiger partial charge in [-0.05, 0) is 74.6 Å². The first-order chi connectivity index (χ1) is 17.2. The highest BCUT2D eigenvalue weighted by Crippen LogP contribution is 2.34. The van der Waals surface area contributed by atoms with E-state index in [9.17, 15) is 8.42 Å². The molecule has 204 valence electrons. The molecule has 36 heavy (non-hydrogen) atoms. The third-order valence-electron chi connectivity index (χ3n) is 8.02. The summed E-state index contributed by atoms with van der Waals surface area (Å²) >= 11 is 0. The SMILES string of the molecule is COCN1C2NC(CC(c3c(C)cccc3C)N2)OC[C@@H](CC(C)C)NCC2CCCC(C2)S1(=O)=O. The minimum atomic E-state index is -3.61. The van der Waals surface area contributed by atoms with Gasteiger partial charge >= 0.3 is 0 Å². The smallest absolute Gasteiger partial charge is 0.221 e. The molecule has 1 saturated carbocycles. The van der Waals surface area contributed by atoms with E-state index in [4.69, 9.17) is 9.47 Å². The molecule has 8 nitrogen and oxygen atoms in total. The molecule has 0 spiro atoms. The van der Waals surface area contributed by atoms with E-state index in [1.54, 1.807) is 7.11 Å². The van der Waals surface area contributed by atoms with Crippen molar-refractivity contribution < 1.29 is 17.9 Å². The van der Waals surface area contributed by atoms with E-state index < -0.39 is 21.6 Å². The second-order valence-corrected chi connectivity index (χ2v) is 13.6. The number of aryl methyl sites for hydroxylation is 2. The normalized spacial score (nSPS) is 33.9. The van der Waals surface area contributed by atoms with Crippen LogP contribution in [0.2, 0.25) is 0 Å². The Bertz CT molecular complexity index is 952. The maximum absolute atomic E-state index is 14.0. The van der Waals surface area contributed by atoms with Crippen molar-refractivity contribution in [2.24, 2.45) is 11.8 Å². The second-order valence-electron chi connectivity index (χ2n) is 11.4. The number of hydrogen-bond donors (Lipinski definition) is 3. The maximum atomic E-state index is 14.0. The van der Waals surface area contributed by atoms with Gasteiger partial charge in [0, 0.05) is 25.6 Å². The molecule has 1 aromatic rings. The van der Waals surface area contributed by atoms with E-state index in [2.05, 4.69) is 61.8 Å². The van der Waals surface area contributed by atoms with Gasteiger partial charge in [-0.2, -0.15) is 0 Å². The minimum Gasteiger partial charge on any atom is -0.368 e. The Balaban J connectivity index is 1.70. The largest absolute Gasteiger partial charge is 0.368 e. The van der Waals surface area contributed by atoms with Gasteiger partial charge in [0.2, 0.25) is 10.0 Å². The first-order valence-electron chi connectivity index (χ1n) is 13.6. The van der Waals surface area contributed by atoms with Crippen LogP contribution < -0.4 is 16.0 Å². The lowest BCUT2D eigenvalue weighted by atomic mass is 9.88. The molecule has 1 aromatic carbocycles. The number of ether oxygens (including phenoxy) is 2. The Morgan fingerprint density at radius 2 is 1.89 bits per heavy atom. The van der Waals surface area contributed by atoms with Crippen molar-refractivity contribution in [1.29, 1.82) is 0 Å². The quantitative estimate of drug-likeness (QED) is 0.546. The summed E-state index contributed by atoms with van der Waals surface area (Å²) in [6.07, 6.45) is 4.21. The van der Waals surface area contributed by atoms with Gasteiger partial charge in [0.05, 0.1) is 11.9 Å². The lowest BCUT2D eigenvalue weighted by Gasteiger charge is -2.43. The maximum Gasteiger partial charge on any atom is 0.221 e. The van der Waals surface area contributed by atoms with Crippen LogP contribution in [0.1, 0.15) is 75.1 Å². The predicted molar refractivity (Wildman–Crippen MR) is 143 cm³/mol. The van der Waals surface area contributed by atoms with Gasteiger partial charge in [-0.15, -0.1) is 4.31 Å². The van der Waals surface area contributed by atoms with Crippen molar-refractivity contribution in [3.63, 3.8) is 0 Å². The summed E-state index contributed by atoms with van der Waals surface area (Å²) in [6, 6.07) is 6.51. The molecule has 4 bridgehead atoms. The zero-order valence-corrected chi connectivity index (χ0v) is 23.4. The van der Waals surface area contributed by atoms with Crippen LogP contribution in [0, 0.1) is 25.7 Å². The highest BCUT2D eigenvalue weighted by Gasteiger charge is 2.43. The van der Waals surface area contributed by atoms with Crippen LogP contribution in [0.15, 0.2) is 18.2 Å². The molecule has 4 rings (SSSR count). The molecule has 3 N–H and O–H groups in total. The van der Waals surface area contributed by atoms with Crippen LogP contribution in [0.25, 0.3) is 0 Å². The van der Waals surface area contributed by atoms with Crippen molar-refractivity contribution in [3.8, 4) is 0 Å². The summed E-state index contributed by atoms with van der Waals surface area (Å²) in [5, 5.41) is 10.4. The van der Waals surface area contributed by atoms with E-state index >= 15 is 0 Å². The van der Waals surface area contributed by atoms with Gasteiger partial charge in [0.1, 0.15) is 19.2 Å². The fourth-order valence-electron chi connectivity index (χ4n) is 6.28. The Hall–Kier alpha value is -1.07. The fourth-order valence-corrected chi connectivity index (χ4v) is 8.31. The molecule has 1 aliphatic carbocycles. The van der Waals surface area contributed by atoms with E-state index in [0.717, 1.165) is 25.8 Å². The molecule has 5 unspecified atom stereocenters. The number of methoxy groups -OCH3 is 1. The van der Waals surface area contributed by atoms with Crippen LogP contribution in [0.5, 0.6) is 0 Å². The highest BCUT2D eigenvalue weighted by molar-refractivity contribution is 7.89. The molecular formula is C27H46N4O4S. The zero-order valence-electron chi connectivity index (χ0n) is 22.6. The van der Waals surface area contributed by atoms with Gasteiger partial charge in [-0.1, -0.05) is 38.5 Å². The van der Waals surface area contributed by atoms with Crippen molar-refractivity contribution in [3.05, 3.63) is 34.9 Å². The molecule has 6 atom stereocenters. The standard InChI is InChI=1S/C27H46N4O4S/c1-18(2)12-22-16-35-25-14-24(26-19(3)8-6-9-20(26)4)29-27(30-25)31(17-34-5)36(32,33)23-11-7-10-21(13-23)15-28-22/h6,8-9,18,21-25,27-30H,7,10-17H2,1-5H3/t21?,22-,23?,24?,25?,27?/m1/s1.